The lowest BCUT2D eigenvalue weighted by atomic mass is 10.1. The number of hydrogen-bond donors (Lipinski definition) is 1. The predicted molar refractivity (Wildman–Crippen MR) is 85.5 cm³/mol. The maximum absolute atomic E-state index is 5.35. The third kappa shape index (κ3) is 4.74. The molecule has 4 nitrogen and oxygen atoms in total. The summed E-state index contributed by atoms with van der Waals surface area (Å²) in [4.78, 5) is 4.60. The zero-order valence-electron chi connectivity index (χ0n) is 12.0. The van der Waals surface area contributed by atoms with E-state index in [0.29, 0.717) is 0 Å². The van der Waals surface area contributed by atoms with Crippen molar-refractivity contribution in [3.05, 3.63) is 35.9 Å². The number of methoxy groups -OCH3 is 1. The van der Waals surface area contributed by atoms with Gasteiger partial charge in [-0.1, -0.05) is 30.3 Å². The SMILES string of the molecule is COCCCN1CN(CCc2ccccc2)CNC1=S. The smallest absolute Gasteiger partial charge is 0.170 e. The van der Waals surface area contributed by atoms with Crippen LogP contribution in [0.3, 0.4) is 0 Å². The molecule has 0 radical (unpaired) electrons. The summed E-state index contributed by atoms with van der Waals surface area (Å²) >= 11 is 5.35. The van der Waals surface area contributed by atoms with Gasteiger partial charge in [0.05, 0.1) is 13.3 Å². The van der Waals surface area contributed by atoms with Gasteiger partial charge in [-0.15, -0.1) is 0 Å². The van der Waals surface area contributed by atoms with Crippen LogP contribution in [-0.2, 0) is 11.2 Å². The van der Waals surface area contributed by atoms with Gasteiger partial charge in [0.15, 0.2) is 5.11 Å². The minimum atomic E-state index is 0.781. The Hall–Kier alpha value is -1.17. The van der Waals surface area contributed by atoms with Crippen molar-refractivity contribution in [1.82, 2.24) is 15.1 Å². The zero-order chi connectivity index (χ0) is 14.2. The number of nitrogens with one attached hydrogen (secondary N) is 1. The molecule has 1 aliphatic heterocycles. The minimum Gasteiger partial charge on any atom is -0.385 e. The van der Waals surface area contributed by atoms with E-state index in [9.17, 15) is 0 Å². The molecule has 0 aromatic heterocycles. The van der Waals surface area contributed by atoms with Gasteiger partial charge < -0.3 is 15.0 Å². The van der Waals surface area contributed by atoms with Crippen molar-refractivity contribution in [2.45, 2.75) is 12.8 Å². The predicted octanol–water partition coefficient (Wildman–Crippen LogP) is 1.67. The molecule has 0 amide bonds. The molecular weight excluding hydrogens is 270 g/mol. The summed E-state index contributed by atoms with van der Waals surface area (Å²) in [6, 6.07) is 10.6. The average molecular weight is 293 g/mol. The summed E-state index contributed by atoms with van der Waals surface area (Å²) in [5.74, 6) is 0. The third-order valence-electron chi connectivity index (χ3n) is 3.45. The lowest BCUT2D eigenvalue weighted by Crippen LogP contribution is -2.56. The van der Waals surface area contributed by atoms with Crippen molar-refractivity contribution >= 4 is 17.3 Å². The molecule has 0 bridgehead atoms. The Labute approximate surface area is 126 Å². The highest BCUT2D eigenvalue weighted by atomic mass is 32.1. The highest BCUT2D eigenvalue weighted by molar-refractivity contribution is 7.80. The second-order valence-electron chi connectivity index (χ2n) is 5.02. The fraction of sp³-hybridized carbons (Fsp3) is 0.533. The van der Waals surface area contributed by atoms with E-state index >= 15 is 0 Å². The van der Waals surface area contributed by atoms with Crippen molar-refractivity contribution in [2.24, 2.45) is 0 Å². The van der Waals surface area contributed by atoms with Gasteiger partial charge in [0.2, 0.25) is 0 Å². The molecule has 1 fully saturated rings. The normalized spacial score (nSPS) is 16.2. The van der Waals surface area contributed by atoms with E-state index in [1.807, 2.05) is 0 Å². The molecule has 1 aliphatic rings. The Morgan fingerprint density at radius 2 is 2.05 bits per heavy atom. The molecular formula is C15H23N3OS. The van der Waals surface area contributed by atoms with Crippen LogP contribution >= 0.6 is 12.2 Å². The van der Waals surface area contributed by atoms with Crippen LogP contribution in [0.2, 0.25) is 0 Å². The largest absolute Gasteiger partial charge is 0.385 e. The fourth-order valence-electron chi connectivity index (χ4n) is 2.30. The lowest BCUT2D eigenvalue weighted by Gasteiger charge is -2.38. The fourth-order valence-corrected chi connectivity index (χ4v) is 2.51. The van der Waals surface area contributed by atoms with E-state index in [4.69, 9.17) is 17.0 Å². The van der Waals surface area contributed by atoms with Crippen LogP contribution in [0.5, 0.6) is 0 Å². The van der Waals surface area contributed by atoms with Crippen molar-refractivity contribution in [1.29, 1.82) is 0 Å². The van der Waals surface area contributed by atoms with Gasteiger partial charge in [-0.25, -0.2) is 0 Å². The van der Waals surface area contributed by atoms with E-state index in [1.54, 1.807) is 7.11 Å². The Balaban J connectivity index is 1.76. The maximum Gasteiger partial charge on any atom is 0.170 e. The van der Waals surface area contributed by atoms with E-state index in [0.717, 1.165) is 51.0 Å². The van der Waals surface area contributed by atoms with Crippen molar-refractivity contribution in [2.75, 3.05) is 40.1 Å². The molecule has 20 heavy (non-hydrogen) atoms. The minimum absolute atomic E-state index is 0.781. The Morgan fingerprint density at radius 1 is 1.25 bits per heavy atom. The second kappa shape index (κ2) is 8.19. The maximum atomic E-state index is 5.35. The summed E-state index contributed by atoms with van der Waals surface area (Å²) in [7, 11) is 1.74. The number of nitrogens with zero attached hydrogens (tertiary/aromatic N) is 2. The summed E-state index contributed by atoms with van der Waals surface area (Å²) in [5.41, 5.74) is 1.38. The standard InChI is InChI=1S/C15H23N3OS/c1-19-11-5-9-18-13-17(12-16-15(18)20)10-8-14-6-3-2-4-7-14/h2-4,6-7H,5,8-13H2,1H3,(H,16,20). The van der Waals surface area contributed by atoms with Crippen LogP contribution in [0, 0.1) is 0 Å². The topological polar surface area (TPSA) is 27.7 Å². The molecule has 0 spiro atoms. The summed E-state index contributed by atoms with van der Waals surface area (Å²) < 4.78 is 5.10. The van der Waals surface area contributed by atoms with Crippen LogP contribution in [0.15, 0.2) is 30.3 Å². The van der Waals surface area contributed by atoms with Crippen LogP contribution in [-0.4, -0.2) is 55.1 Å². The average Bonchev–Trinajstić information content (AvgIpc) is 2.49. The van der Waals surface area contributed by atoms with E-state index < -0.39 is 0 Å². The van der Waals surface area contributed by atoms with Crippen LogP contribution < -0.4 is 5.32 Å². The number of benzene rings is 1. The van der Waals surface area contributed by atoms with Gasteiger partial charge in [-0.3, -0.25) is 4.90 Å². The number of thiocarbonyl (C=S) groups is 1. The molecule has 1 aromatic carbocycles. The highest BCUT2D eigenvalue weighted by Gasteiger charge is 2.19. The Kier molecular flexibility index (Phi) is 6.24. The number of hydrogen-bond acceptors (Lipinski definition) is 3. The molecule has 0 aliphatic carbocycles. The lowest BCUT2D eigenvalue weighted by molar-refractivity contribution is 0.137. The highest BCUT2D eigenvalue weighted by Crippen LogP contribution is 2.06. The van der Waals surface area contributed by atoms with Gasteiger partial charge >= 0.3 is 0 Å². The molecule has 110 valence electrons. The molecule has 0 saturated carbocycles. The van der Waals surface area contributed by atoms with E-state index in [1.165, 1.54) is 5.56 Å². The molecule has 5 heteroatoms. The van der Waals surface area contributed by atoms with Crippen molar-refractivity contribution in [3.8, 4) is 0 Å². The number of ether oxygens (including phenoxy) is 1. The van der Waals surface area contributed by atoms with Gasteiger partial charge in [-0.2, -0.15) is 0 Å². The molecule has 1 saturated heterocycles. The molecule has 1 N–H and O–H groups in total. The molecule has 2 rings (SSSR count). The van der Waals surface area contributed by atoms with Gasteiger partial charge in [0, 0.05) is 26.8 Å². The first-order valence-electron chi connectivity index (χ1n) is 7.07. The first kappa shape index (κ1) is 15.2. The van der Waals surface area contributed by atoms with Crippen LogP contribution in [0.1, 0.15) is 12.0 Å². The monoisotopic (exact) mass is 293 g/mol. The first-order valence-corrected chi connectivity index (χ1v) is 7.48. The summed E-state index contributed by atoms with van der Waals surface area (Å²) in [6.45, 7) is 4.51. The first-order chi connectivity index (χ1) is 9.79. The molecule has 1 aromatic rings. The third-order valence-corrected chi connectivity index (χ3v) is 3.85. The van der Waals surface area contributed by atoms with Gasteiger partial charge in [-0.05, 0) is 30.6 Å². The van der Waals surface area contributed by atoms with Crippen molar-refractivity contribution < 1.29 is 4.74 Å². The van der Waals surface area contributed by atoms with Crippen LogP contribution in [0.4, 0.5) is 0 Å². The quantitative estimate of drug-likeness (QED) is 0.610. The molecule has 0 unspecified atom stereocenters. The Morgan fingerprint density at radius 3 is 2.80 bits per heavy atom. The molecule has 1 heterocycles. The van der Waals surface area contributed by atoms with Crippen molar-refractivity contribution in [3.63, 3.8) is 0 Å². The molecule has 0 atom stereocenters. The second-order valence-corrected chi connectivity index (χ2v) is 5.41. The summed E-state index contributed by atoms with van der Waals surface area (Å²) in [6.07, 6.45) is 2.08. The number of rotatable bonds is 7. The zero-order valence-corrected chi connectivity index (χ0v) is 12.9. The summed E-state index contributed by atoms with van der Waals surface area (Å²) in [5, 5.41) is 4.15. The Bertz CT molecular complexity index is 413. The van der Waals surface area contributed by atoms with Gasteiger partial charge in [0.1, 0.15) is 0 Å². The van der Waals surface area contributed by atoms with E-state index in [2.05, 4.69) is 45.4 Å². The van der Waals surface area contributed by atoms with Crippen LogP contribution in [0.25, 0.3) is 0 Å². The van der Waals surface area contributed by atoms with Gasteiger partial charge in [0.25, 0.3) is 0 Å². The van der Waals surface area contributed by atoms with E-state index in [-0.39, 0.29) is 0 Å².